The molecule has 1 aliphatic rings. The second kappa shape index (κ2) is 10.0. The molecule has 0 saturated heterocycles. The third kappa shape index (κ3) is 4.97. The molecule has 0 unspecified atom stereocenters. The molecule has 0 aliphatic carbocycles. The van der Waals surface area contributed by atoms with Crippen molar-refractivity contribution in [1.29, 1.82) is 0 Å². The highest BCUT2D eigenvalue weighted by molar-refractivity contribution is 7.90. The minimum Gasteiger partial charge on any atom is -0.304 e. The molecule has 0 bridgehead atoms. The van der Waals surface area contributed by atoms with Crippen molar-refractivity contribution in [2.45, 2.75) is 11.8 Å². The topological polar surface area (TPSA) is 83.6 Å². The fraction of sp³-hybridized carbons (Fsp3) is 0.0714. The Morgan fingerprint density at radius 1 is 1.08 bits per heavy atom. The van der Waals surface area contributed by atoms with Crippen LogP contribution in [0.2, 0.25) is 0 Å². The predicted octanol–water partition coefficient (Wildman–Crippen LogP) is 3.98. The largest absolute Gasteiger partial charge is 0.304 e. The van der Waals surface area contributed by atoms with Gasteiger partial charge in [-0.1, -0.05) is 53.8 Å². The van der Waals surface area contributed by atoms with Gasteiger partial charge in [-0.3, -0.25) is 9.59 Å². The summed E-state index contributed by atoms with van der Waals surface area (Å²) in [5.74, 6) is 3.14. The van der Waals surface area contributed by atoms with Crippen LogP contribution in [0.5, 0.6) is 0 Å². The summed E-state index contributed by atoms with van der Waals surface area (Å²) in [6.45, 7) is 5.55. The summed E-state index contributed by atoms with van der Waals surface area (Å²) in [5, 5.41) is 0. The number of rotatable bonds is 5. The van der Waals surface area contributed by atoms with Crippen LogP contribution in [0.15, 0.2) is 95.9 Å². The molecular weight excluding hydrogens is 479 g/mol. The highest BCUT2D eigenvalue weighted by Crippen LogP contribution is 2.39. The predicted molar refractivity (Wildman–Crippen MR) is 136 cm³/mol. The van der Waals surface area contributed by atoms with E-state index in [0.717, 1.165) is 11.6 Å². The second-order valence-electron chi connectivity index (χ2n) is 7.98. The van der Waals surface area contributed by atoms with Crippen LogP contribution in [0.4, 0.5) is 10.1 Å². The van der Waals surface area contributed by atoms with E-state index in [1.54, 1.807) is 49.4 Å². The molecule has 1 N–H and O–H groups in total. The number of carbonyl (C=O) groups excluding carboxylic acids is 2. The minimum absolute atomic E-state index is 0.101. The van der Waals surface area contributed by atoms with E-state index in [4.69, 9.17) is 0 Å². The number of amides is 2. The second-order valence-corrected chi connectivity index (χ2v) is 9.66. The third-order valence-corrected chi connectivity index (χ3v) is 6.78. The molecule has 0 radical (unpaired) electrons. The minimum atomic E-state index is -4.28. The summed E-state index contributed by atoms with van der Waals surface area (Å²) < 4.78 is 42.1. The first-order chi connectivity index (χ1) is 17.2. The highest BCUT2D eigenvalue weighted by atomic mass is 32.2. The molecule has 4 rings (SSSR count). The number of carbonyl (C=O) groups is 2. The van der Waals surface area contributed by atoms with Gasteiger partial charge >= 0.3 is 0 Å². The molecule has 0 fully saturated rings. The summed E-state index contributed by atoms with van der Waals surface area (Å²) in [4.78, 5) is 28.0. The van der Waals surface area contributed by atoms with Gasteiger partial charge in [0.2, 0.25) is 0 Å². The van der Waals surface area contributed by atoms with E-state index in [0.29, 0.717) is 11.3 Å². The number of hydrogen-bond donors (Lipinski definition) is 1. The van der Waals surface area contributed by atoms with E-state index in [-0.39, 0.29) is 22.6 Å². The molecule has 3 aromatic carbocycles. The average Bonchev–Trinajstić information content (AvgIpc) is 3.11. The van der Waals surface area contributed by atoms with Crippen molar-refractivity contribution in [3.63, 3.8) is 0 Å². The maximum atomic E-state index is 14.2. The van der Waals surface area contributed by atoms with Crippen molar-refractivity contribution in [3.8, 4) is 11.8 Å². The molecule has 8 heteroatoms. The Bertz CT molecular complexity index is 1570. The van der Waals surface area contributed by atoms with E-state index in [1.807, 2.05) is 4.72 Å². The number of halogens is 1. The van der Waals surface area contributed by atoms with Gasteiger partial charge in [0.25, 0.3) is 21.8 Å². The molecule has 3 aromatic rings. The lowest BCUT2D eigenvalue weighted by Gasteiger charge is -2.14. The quantitative estimate of drug-likeness (QED) is 0.326. The highest BCUT2D eigenvalue weighted by Gasteiger charge is 2.36. The number of hydrogen-bond acceptors (Lipinski definition) is 4. The normalized spacial score (nSPS) is 13.9. The first-order valence-electron chi connectivity index (χ1n) is 10.9. The maximum Gasteiger partial charge on any atom is 0.274 e. The van der Waals surface area contributed by atoms with Crippen LogP contribution in [-0.2, 0) is 19.6 Å². The molecule has 6 nitrogen and oxygen atoms in total. The van der Waals surface area contributed by atoms with Gasteiger partial charge in [-0.25, -0.2) is 17.5 Å². The summed E-state index contributed by atoms with van der Waals surface area (Å²) in [6, 6.07) is 18.3. The first kappa shape index (κ1) is 24.6. The van der Waals surface area contributed by atoms with Crippen LogP contribution in [0.1, 0.15) is 16.7 Å². The Morgan fingerprint density at radius 3 is 2.44 bits per heavy atom. The van der Waals surface area contributed by atoms with Crippen molar-refractivity contribution in [2.75, 3.05) is 11.4 Å². The SMILES string of the molecule is C=CCN1C(=O)/C(=C(/C#Cc2ccccc2)C(=O)NS(=O)(=O)c2ccc(C)cc2)c2cc(F)ccc21. The molecule has 1 heterocycles. The van der Waals surface area contributed by atoms with Crippen molar-refractivity contribution < 1.29 is 22.4 Å². The van der Waals surface area contributed by atoms with Gasteiger partial charge in [-0.2, -0.15) is 0 Å². The molecule has 0 aromatic heterocycles. The lowest BCUT2D eigenvalue weighted by Crippen LogP contribution is -2.33. The average molecular weight is 501 g/mol. The molecule has 1 aliphatic heterocycles. The zero-order valence-corrected chi connectivity index (χ0v) is 20.1. The van der Waals surface area contributed by atoms with Gasteiger partial charge in [0.15, 0.2) is 0 Å². The fourth-order valence-corrected chi connectivity index (χ4v) is 4.65. The molecule has 0 spiro atoms. The van der Waals surface area contributed by atoms with Crippen LogP contribution >= 0.6 is 0 Å². The van der Waals surface area contributed by atoms with E-state index >= 15 is 0 Å². The number of sulfonamides is 1. The molecule has 2 amide bonds. The van der Waals surface area contributed by atoms with Crippen LogP contribution < -0.4 is 9.62 Å². The number of nitrogens with zero attached hydrogens (tertiary/aromatic N) is 1. The van der Waals surface area contributed by atoms with Crippen molar-refractivity contribution in [1.82, 2.24) is 4.72 Å². The zero-order valence-electron chi connectivity index (χ0n) is 19.3. The maximum absolute atomic E-state index is 14.2. The number of nitrogens with one attached hydrogen (secondary N) is 1. The van der Waals surface area contributed by atoms with Crippen LogP contribution in [0, 0.1) is 24.6 Å². The standard InChI is InChI=1S/C28H21FN2O4S/c1-3-17-31-25-16-12-21(29)18-24(25)26(28(31)33)23(15-11-20-7-5-4-6-8-20)27(32)30-36(34,35)22-13-9-19(2)10-14-22/h3-10,12-14,16,18H,1,17H2,2H3,(H,30,32)/b26-23-. The Balaban J connectivity index is 1.88. The lowest BCUT2D eigenvalue weighted by molar-refractivity contribution is -0.116. The van der Waals surface area contributed by atoms with Crippen molar-refractivity contribution in [3.05, 3.63) is 114 Å². The van der Waals surface area contributed by atoms with E-state index in [2.05, 4.69) is 18.4 Å². The van der Waals surface area contributed by atoms with Crippen LogP contribution in [0.25, 0.3) is 5.57 Å². The van der Waals surface area contributed by atoms with Gasteiger partial charge in [-0.05, 0) is 49.4 Å². The zero-order chi connectivity index (χ0) is 25.9. The Kier molecular flexibility index (Phi) is 6.86. The first-order valence-corrected chi connectivity index (χ1v) is 12.4. The summed E-state index contributed by atoms with van der Waals surface area (Å²) >= 11 is 0. The molecule has 180 valence electrons. The number of fused-ring (bicyclic) bond motifs is 1. The molecule has 36 heavy (non-hydrogen) atoms. The van der Waals surface area contributed by atoms with E-state index in [9.17, 15) is 22.4 Å². The van der Waals surface area contributed by atoms with Gasteiger partial charge < -0.3 is 4.90 Å². The lowest BCUT2D eigenvalue weighted by atomic mass is 10.0. The fourth-order valence-electron chi connectivity index (χ4n) is 3.69. The van der Waals surface area contributed by atoms with Gasteiger partial charge in [-0.15, -0.1) is 6.58 Å². The summed E-state index contributed by atoms with van der Waals surface area (Å²) in [6.07, 6.45) is 1.49. The smallest absolute Gasteiger partial charge is 0.274 e. The molecular formula is C28H21FN2O4S. The van der Waals surface area contributed by atoms with E-state index in [1.165, 1.54) is 35.2 Å². The van der Waals surface area contributed by atoms with Crippen molar-refractivity contribution >= 4 is 33.1 Å². The van der Waals surface area contributed by atoms with Gasteiger partial charge in [0.05, 0.1) is 16.2 Å². The Labute approximate surface area is 208 Å². The number of aryl methyl sites for hydroxylation is 1. The monoisotopic (exact) mass is 500 g/mol. The van der Waals surface area contributed by atoms with Gasteiger partial charge in [0.1, 0.15) is 11.4 Å². The van der Waals surface area contributed by atoms with Crippen LogP contribution in [0.3, 0.4) is 0 Å². The van der Waals surface area contributed by atoms with E-state index < -0.39 is 33.2 Å². The molecule has 0 atom stereocenters. The summed E-state index contributed by atoms with van der Waals surface area (Å²) in [7, 11) is -4.28. The Hall–Kier alpha value is -4.48. The van der Waals surface area contributed by atoms with Crippen LogP contribution in [-0.4, -0.2) is 26.8 Å². The third-order valence-electron chi connectivity index (χ3n) is 5.43. The van der Waals surface area contributed by atoms with Gasteiger partial charge in [0, 0.05) is 17.7 Å². The Morgan fingerprint density at radius 2 is 1.78 bits per heavy atom. The van der Waals surface area contributed by atoms with Crippen molar-refractivity contribution in [2.24, 2.45) is 0 Å². The molecule has 0 saturated carbocycles. The summed E-state index contributed by atoms with van der Waals surface area (Å²) in [5.41, 5.74) is 1.31. The number of anilines is 1. The number of benzene rings is 3.